The van der Waals surface area contributed by atoms with Crippen LogP contribution in [0.4, 0.5) is 0 Å². The van der Waals surface area contributed by atoms with Gasteiger partial charge in [0.25, 0.3) is 0 Å². The van der Waals surface area contributed by atoms with Crippen molar-refractivity contribution in [2.75, 3.05) is 19.8 Å². The van der Waals surface area contributed by atoms with Crippen molar-refractivity contribution in [3.63, 3.8) is 0 Å². The molecule has 9 nitrogen and oxygen atoms in total. The minimum Gasteiger partial charge on any atom is -0.374 e. The Kier molecular flexibility index (Phi) is 13.9. The molecule has 0 bridgehead atoms. The van der Waals surface area contributed by atoms with E-state index in [1.807, 2.05) is 127 Å². The number of nitrogens with zero attached hydrogens (tertiary/aromatic N) is 1. The Morgan fingerprint density at radius 2 is 1.12 bits per heavy atom. The Hall–Kier alpha value is -3.54. The highest BCUT2D eigenvalue weighted by molar-refractivity contribution is 7.55. The van der Waals surface area contributed by atoms with E-state index < -0.39 is 37.4 Å². The molecule has 0 spiro atoms. The Balaban J connectivity index is 1.49. The Bertz CT molecular complexity index is 1780. The van der Waals surface area contributed by atoms with Gasteiger partial charge in [0.2, 0.25) is 5.34 Å². The van der Waals surface area contributed by atoms with Gasteiger partial charge >= 0.3 is 7.60 Å². The van der Waals surface area contributed by atoms with Gasteiger partial charge in [0.05, 0.1) is 46.2 Å². The van der Waals surface area contributed by atoms with Gasteiger partial charge in [-0.2, -0.15) is 0 Å². The Morgan fingerprint density at radius 1 is 0.654 bits per heavy atom. The van der Waals surface area contributed by atoms with Crippen LogP contribution in [0.1, 0.15) is 41.1 Å². The number of thiazole rings is 1. The standard InChI is InChI=1S/C41H46NO8PS/c1-3-48-51(43,49-4-2)41(40-42-25-26-52-40)39(47-30-35-23-15-8-16-24-35)38(46-29-34-21-13-7-14-22-34)37(45-28-33-19-11-6-12-20-33)36(50-41)31-44-27-32-17-9-5-10-18-32/h5-26,36-39H,3-4,27-31H2,1-2H3/t36-,37+,38+,39-,41+/m1/s1. The summed E-state index contributed by atoms with van der Waals surface area (Å²) >= 11 is 1.30. The average molecular weight is 744 g/mol. The van der Waals surface area contributed by atoms with Crippen molar-refractivity contribution >= 4 is 18.9 Å². The summed E-state index contributed by atoms with van der Waals surface area (Å²) in [5.41, 5.74) is 3.84. The number of hydrogen-bond donors (Lipinski definition) is 0. The fourth-order valence-electron chi connectivity index (χ4n) is 6.33. The fraction of sp³-hybridized carbons (Fsp3) is 0.341. The first-order valence-corrected chi connectivity index (χ1v) is 20.0. The normalized spacial score (nSPS) is 22.0. The first kappa shape index (κ1) is 38.2. The highest BCUT2D eigenvalue weighted by Gasteiger charge is 2.69. The molecule has 0 N–H and O–H groups in total. The summed E-state index contributed by atoms with van der Waals surface area (Å²) in [6.07, 6.45) is -1.84. The van der Waals surface area contributed by atoms with Crippen molar-refractivity contribution in [3.8, 4) is 0 Å². The molecule has 5 atom stereocenters. The van der Waals surface area contributed by atoms with Crippen LogP contribution in [-0.4, -0.2) is 49.2 Å². The second-order valence-electron chi connectivity index (χ2n) is 12.3. The molecule has 0 radical (unpaired) electrons. The van der Waals surface area contributed by atoms with Crippen LogP contribution < -0.4 is 0 Å². The quantitative estimate of drug-likeness (QED) is 0.0769. The minimum absolute atomic E-state index is 0.0797. The molecule has 6 rings (SSSR count). The lowest BCUT2D eigenvalue weighted by molar-refractivity contribution is -0.293. The molecule has 0 aliphatic carbocycles. The molecule has 0 saturated carbocycles. The number of hydrogen-bond acceptors (Lipinski definition) is 10. The van der Waals surface area contributed by atoms with E-state index in [0.717, 1.165) is 22.3 Å². The van der Waals surface area contributed by atoms with Crippen LogP contribution in [0.2, 0.25) is 0 Å². The zero-order valence-corrected chi connectivity index (χ0v) is 31.2. The number of ether oxygens (including phenoxy) is 5. The summed E-state index contributed by atoms with van der Waals surface area (Å²) < 4.78 is 62.1. The lowest BCUT2D eigenvalue weighted by Gasteiger charge is -2.52. The molecule has 1 saturated heterocycles. The molecule has 11 heteroatoms. The van der Waals surface area contributed by atoms with E-state index in [0.29, 0.717) is 11.6 Å². The largest absolute Gasteiger partial charge is 0.374 e. The van der Waals surface area contributed by atoms with Gasteiger partial charge in [-0.25, -0.2) is 4.98 Å². The van der Waals surface area contributed by atoms with Crippen LogP contribution in [0.3, 0.4) is 0 Å². The smallest absolute Gasteiger partial charge is 0.372 e. The lowest BCUT2D eigenvalue weighted by Crippen LogP contribution is -2.65. The zero-order chi connectivity index (χ0) is 36.1. The predicted molar refractivity (Wildman–Crippen MR) is 201 cm³/mol. The third-order valence-electron chi connectivity index (χ3n) is 8.69. The van der Waals surface area contributed by atoms with Crippen molar-refractivity contribution in [3.05, 3.63) is 160 Å². The van der Waals surface area contributed by atoms with E-state index in [2.05, 4.69) is 0 Å². The highest BCUT2D eigenvalue weighted by atomic mass is 32.1. The van der Waals surface area contributed by atoms with Gasteiger partial charge in [-0.05, 0) is 36.1 Å². The Labute approximate surface area is 310 Å². The van der Waals surface area contributed by atoms with Crippen LogP contribution in [0.15, 0.2) is 133 Å². The number of rotatable bonds is 19. The summed E-state index contributed by atoms with van der Waals surface area (Å²) in [6, 6.07) is 39.5. The first-order valence-electron chi connectivity index (χ1n) is 17.6. The number of aromatic nitrogens is 1. The summed E-state index contributed by atoms with van der Waals surface area (Å²) in [5, 5.41) is 0.352. The van der Waals surface area contributed by atoms with Gasteiger partial charge < -0.3 is 32.7 Å². The molecule has 5 aromatic rings. The van der Waals surface area contributed by atoms with Gasteiger partial charge in [-0.15, -0.1) is 11.3 Å². The second kappa shape index (κ2) is 19.0. The average Bonchev–Trinajstić information content (AvgIpc) is 3.73. The molecule has 0 unspecified atom stereocenters. The van der Waals surface area contributed by atoms with Crippen molar-refractivity contribution in [1.82, 2.24) is 4.98 Å². The van der Waals surface area contributed by atoms with Gasteiger partial charge in [-0.3, -0.25) is 4.57 Å². The predicted octanol–water partition coefficient (Wildman–Crippen LogP) is 8.93. The van der Waals surface area contributed by atoms with Crippen LogP contribution in [0, 0.1) is 0 Å². The molecule has 274 valence electrons. The van der Waals surface area contributed by atoms with Crippen LogP contribution >= 0.6 is 18.9 Å². The Morgan fingerprint density at radius 3 is 1.58 bits per heavy atom. The first-order chi connectivity index (χ1) is 25.6. The van der Waals surface area contributed by atoms with Crippen LogP contribution in [0.5, 0.6) is 0 Å². The van der Waals surface area contributed by atoms with Crippen molar-refractivity contribution in [2.24, 2.45) is 0 Å². The van der Waals surface area contributed by atoms with E-state index >= 15 is 4.57 Å². The van der Waals surface area contributed by atoms with Crippen molar-refractivity contribution in [1.29, 1.82) is 0 Å². The van der Waals surface area contributed by atoms with Crippen molar-refractivity contribution < 1.29 is 37.3 Å². The topological polar surface area (TPSA) is 94.6 Å². The third kappa shape index (κ3) is 9.15. The SMILES string of the molecule is CCOP(=O)(OCC)[C@@]1(c2nccs2)O[C@H](COCc2ccccc2)[C@H](OCc2ccccc2)[C@H](OCc2ccccc2)[C@H]1OCc1ccccc1. The summed E-state index contributed by atoms with van der Waals surface area (Å²) in [5.74, 6) is 0. The molecule has 1 fully saturated rings. The molecule has 2 heterocycles. The zero-order valence-electron chi connectivity index (χ0n) is 29.5. The fourth-order valence-corrected chi connectivity index (χ4v) is 9.76. The monoisotopic (exact) mass is 743 g/mol. The molecule has 0 amide bonds. The van der Waals surface area contributed by atoms with E-state index in [4.69, 9.17) is 37.7 Å². The van der Waals surface area contributed by atoms with Gasteiger partial charge in [0.15, 0.2) is 0 Å². The summed E-state index contributed by atoms with van der Waals surface area (Å²) in [6.45, 7) is 4.80. The molecule has 1 aromatic heterocycles. The highest BCUT2D eigenvalue weighted by Crippen LogP contribution is 2.70. The molecule has 1 aliphatic heterocycles. The summed E-state index contributed by atoms with van der Waals surface area (Å²) in [4.78, 5) is 4.73. The lowest BCUT2D eigenvalue weighted by atomic mass is 9.93. The molecule has 4 aromatic carbocycles. The number of benzene rings is 4. The molecular weight excluding hydrogens is 697 g/mol. The van der Waals surface area contributed by atoms with Crippen LogP contribution in [0.25, 0.3) is 0 Å². The second-order valence-corrected chi connectivity index (χ2v) is 15.3. The molecule has 1 aliphatic rings. The minimum atomic E-state index is -4.25. The maximum absolute atomic E-state index is 15.5. The van der Waals surface area contributed by atoms with Crippen molar-refractivity contribution in [2.45, 2.75) is 70.0 Å². The van der Waals surface area contributed by atoms with E-state index in [9.17, 15) is 0 Å². The van der Waals surface area contributed by atoms with Gasteiger partial charge in [0, 0.05) is 11.6 Å². The van der Waals surface area contributed by atoms with Gasteiger partial charge in [-0.1, -0.05) is 121 Å². The molecule has 52 heavy (non-hydrogen) atoms. The van der Waals surface area contributed by atoms with E-state index in [-0.39, 0.29) is 39.6 Å². The van der Waals surface area contributed by atoms with E-state index in [1.54, 1.807) is 20.0 Å². The van der Waals surface area contributed by atoms with E-state index in [1.165, 1.54) is 11.3 Å². The maximum atomic E-state index is 15.5. The maximum Gasteiger partial charge on any atom is 0.372 e. The molecular formula is C41H46NO8PS. The third-order valence-corrected chi connectivity index (χ3v) is 12.3. The summed E-state index contributed by atoms with van der Waals surface area (Å²) in [7, 11) is -4.25. The van der Waals surface area contributed by atoms with Crippen LogP contribution in [-0.2, 0) is 69.1 Å². The van der Waals surface area contributed by atoms with Gasteiger partial charge in [0.1, 0.15) is 29.4 Å².